The summed E-state index contributed by atoms with van der Waals surface area (Å²) in [5, 5.41) is 4.09. The average molecular weight is 334 g/mol. The molecule has 1 aromatic carbocycles. The van der Waals surface area contributed by atoms with Gasteiger partial charge in [-0.25, -0.2) is 5.43 Å². The third-order valence-corrected chi connectivity index (χ3v) is 4.25. The molecular weight excluding hydrogens is 312 g/mol. The molecule has 3 aromatic rings. The van der Waals surface area contributed by atoms with Crippen molar-refractivity contribution in [3.8, 4) is 5.69 Å². The van der Waals surface area contributed by atoms with E-state index < -0.39 is 0 Å². The van der Waals surface area contributed by atoms with E-state index in [2.05, 4.69) is 20.1 Å². The van der Waals surface area contributed by atoms with Crippen LogP contribution in [0.4, 0.5) is 0 Å². The molecule has 0 spiro atoms. The van der Waals surface area contributed by atoms with Gasteiger partial charge in [-0.05, 0) is 52.0 Å². The highest BCUT2D eigenvalue weighted by atomic mass is 16.2. The summed E-state index contributed by atoms with van der Waals surface area (Å²) < 4.78 is 2.07. The maximum atomic E-state index is 12.5. The first-order valence-corrected chi connectivity index (χ1v) is 8.21. The summed E-state index contributed by atoms with van der Waals surface area (Å²) in [6, 6.07) is 13.9. The van der Waals surface area contributed by atoms with Gasteiger partial charge in [-0.3, -0.25) is 4.79 Å². The molecule has 0 radical (unpaired) electrons. The number of hydrazone groups is 1. The second-order valence-corrected chi connectivity index (χ2v) is 6.19. The molecule has 0 atom stereocenters. The normalized spacial score (nSPS) is 11.2. The van der Waals surface area contributed by atoms with Gasteiger partial charge < -0.3 is 9.55 Å². The highest BCUT2D eigenvalue weighted by molar-refractivity contribution is 5.96. The van der Waals surface area contributed by atoms with Crippen molar-refractivity contribution >= 4 is 12.1 Å². The zero-order valence-electron chi connectivity index (χ0n) is 14.9. The molecule has 0 fully saturated rings. The number of nitrogens with zero attached hydrogens (tertiary/aromatic N) is 2. The summed E-state index contributed by atoms with van der Waals surface area (Å²) in [7, 11) is 0. The number of hydrogen-bond donors (Lipinski definition) is 2. The molecule has 5 nitrogen and oxygen atoms in total. The number of rotatable bonds is 4. The maximum absolute atomic E-state index is 12.5. The molecule has 25 heavy (non-hydrogen) atoms. The summed E-state index contributed by atoms with van der Waals surface area (Å²) in [6.45, 7) is 7.90. The number of para-hydroxylation sites is 1. The van der Waals surface area contributed by atoms with E-state index in [-0.39, 0.29) is 5.91 Å². The molecule has 0 saturated heterocycles. The molecule has 0 bridgehead atoms. The van der Waals surface area contributed by atoms with Gasteiger partial charge in [0.25, 0.3) is 5.91 Å². The van der Waals surface area contributed by atoms with Crippen LogP contribution in [0.1, 0.15) is 38.7 Å². The number of nitrogens with one attached hydrogen (secondary N) is 2. The summed E-state index contributed by atoms with van der Waals surface area (Å²) in [5.41, 5.74) is 9.25. The van der Waals surface area contributed by atoms with Crippen LogP contribution in [0.2, 0.25) is 0 Å². The van der Waals surface area contributed by atoms with E-state index in [0.29, 0.717) is 5.56 Å². The largest absolute Gasteiger partial charge is 0.362 e. The van der Waals surface area contributed by atoms with E-state index in [1.807, 2.05) is 70.2 Å². The maximum Gasteiger partial charge on any atom is 0.273 e. The molecule has 2 aromatic heterocycles. The molecule has 0 aliphatic heterocycles. The molecule has 1 amide bonds. The lowest BCUT2D eigenvalue weighted by Gasteiger charge is -2.09. The van der Waals surface area contributed by atoms with Crippen LogP contribution in [0, 0.1) is 27.7 Å². The predicted octanol–water partition coefficient (Wildman–Crippen LogP) is 3.80. The van der Waals surface area contributed by atoms with Crippen LogP contribution < -0.4 is 5.43 Å². The minimum atomic E-state index is -0.212. The molecule has 0 aliphatic carbocycles. The number of aromatic amines is 1. The fourth-order valence-corrected chi connectivity index (χ4v) is 3.07. The minimum absolute atomic E-state index is 0.212. The molecular formula is C20H22N4O. The van der Waals surface area contributed by atoms with Gasteiger partial charge in [0, 0.05) is 34.0 Å². The number of carbonyl (C=O) groups is 1. The van der Waals surface area contributed by atoms with Gasteiger partial charge in [0.05, 0.1) is 11.8 Å². The zero-order valence-corrected chi connectivity index (χ0v) is 14.9. The monoisotopic (exact) mass is 334 g/mol. The Kier molecular flexibility index (Phi) is 4.57. The number of amides is 1. The highest BCUT2D eigenvalue weighted by Gasteiger charge is 2.16. The van der Waals surface area contributed by atoms with Gasteiger partial charge in [0.15, 0.2) is 0 Å². The second-order valence-electron chi connectivity index (χ2n) is 6.19. The number of carbonyl (C=O) groups excluding carboxylic acids is 1. The van der Waals surface area contributed by atoms with Crippen LogP contribution >= 0.6 is 0 Å². The van der Waals surface area contributed by atoms with Crippen molar-refractivity contribution < 1.29 is 4.79 Å². The van der Waals surface area contributed by atoms with Crippen molar-refractivity contribution in [3.63, 3.8) is 0 Å². The van der Waals surface area contributed by atoms with E-state index in [1.54, 1.807) is 6.21 Å². The Balaban J connectivity index is 1.80. The molecule has 0 aliphatic rings. The lowest BCUT2D eigenvalue weighted by molar-refractivity contribution is 0.0954. The highest BCUT2D eigenvalue weighted by Crippen LogP contribution is 2.20. The molecule has 2 heterocycles. The smallest absolute Gasteiger partial charge is 0.273 e. The van der Waals surface area contributed by atoms with E-state index in [1.165, 1.54) is 0 Å². The Bertz CT molecular complexity index is 932. The third kappa shape index (κ3) is 3.40. The number of hydrogen-bond acceptors (Lipinski definition) is 2. The third-order valence-electron chi connectivity index (χ3n) is 4.25. The Morgan fingerprint density at radius 1 is 1.12 bits per heavy atom. The van der Waals surface area contributed by atoms with Crippen LogP contribution in [-0.4, -0.2) is 21.7 Å². The fourth-order valence-electron chi connectivity index (χ4n) is 3.07. The molecule has 3 rings (SSSR count). The van der Waals surface area contributed by atoms with E-state index >= 15 is 0 Å². The van der Waals surface area contributed by atoms with Crippen molar-refractivity contribution in [1.29, 1.82) is 0 Å². The molecule has 128 valence electrons. The van der Waals surface area contributed by atoms with Crippen molar-refractivity contribution in [1.82, 2.24) is 15.0 Å². The molecule has 5 heteroatoms. The summed E-state index contributed by atoms with van der Waals surface area (Å²) >= 11 is 0. The van der Waals surface area contributed by atoms with Crippen LogP contribution in [-0.2, 0) is 0 Å². The van der Waals surface area contributed by atoms with E-state index in [4.69, 9.17) is 0 Å². The van der Waals surface area contributed by atoms with Gasteiger partial charge in [-0.2, -0.15) is 5.10 Å². The summed E-state index contributed by atoms with van der Waals surface area (Å²) in [4.78, 5) is 15.7. The first-order valence-electron chi connectivity index (χ1n) is 8.21. The first-order chi connectivity index (χ1) is 12.0. The zero-order chi connectivity index (χ0) is 18.0. The number of H-pyrrole nitrogens is 1. The number of aromatic nitrogens is 2. The minimum Gasteiger partial charge on any atom is -0.362 e. The SMILES string of the molecule is Cc1cc(C=NNC(=O)c2cc(C)n(-c3ccccc3)c2C)c(C)[nH]1. The van der Waals surface area contributed by atoms with Gasteiger partial charge in [-0.15, -0.1) is 0 Å². The van der Waals surface area contributed by atoms with Crippen molar-refractivity contribution in [2.24, 2.45) is 5.10 Å². The second kappa shape index (κ2) is 6.81. The number of aryl methyl sites for hydroxylation is 3. The molecule has 2 N–H and O–H groups in total. The van der Waals surface area contributed by atoms with Crippen LogP contribution in [0.15, 0.2) is 47.6 Å². The lowest BCUT2D eigenvalue weighted by Crippen LogP contribution is -2.18. The lowest BCUT2D eigenvalue weighted by atomic mass is 10.2. The molecule has 0 saturated carbocycles. The Hall–Kier alpha value is -3.08. The number of benzene rings is 1. The summed E-state index contributed by atoms with van der Waals surface area (Å²) in [6.07, 6.45) is 1.66. The topological polar surface area (TPSA) is 62.2 Å². The van der Waals surface area contributed by atoms with Crippen LogP contribution in [0.25, 0.3) is 5.69 Å². The molecule has 0 unspecified atom stereocenters. The average Bonchev–Trinajstić information content (AvgIpc) is 3.06. The Morgan fingerprint density at radius 3 is 2.48 bits per heavy atom. The van der Waals surface area contributed by atoms with E-state index in [0.717, 1.165) is 34.0 Å². The van der Waals surface area contributed by atoms with Gasteiger partial charge >= 0.3 is 0 Å². The van der Waals surface area contributed by atoms with Crippen LogP contribution in [0.3, 0.4) is 0 Å². The first kappa shape index (κ1) is 16.8. The van der Waals surface area contributed by atoms with Gasteiger partial charge in [-0.1, -0.05) is 18.2 Å². The van der Waals surface area contributed by atoms with E-state index in [9.17, 15) is 4.79 Å². The van der Waals surface area contributed by atoms with Crippen molar-refractivity contribution in [2.75, 3.05) is 0 Å². The standard InChI is InChI=1S/C20H22N4O/c1-13-10-17(15(3)22-13)12-21-23-20(25)19-11-14(2)24(16(19)4)18-8-6-5-7-9-18/h5-12,22H,1-4H3,(H,23,25). The Labute approximate surface area is 147 Å². The van der Waals surface area contributed by atoms with Gasteiger partial charge in [0.2, 0.25) is 0 Å². The quantitative estimate of drug-likeness (QED) is 0.553. The van der Waals surface area contributed by atoms with Gasteiger partial charge in [0.1, 0.15) is 0 Å². The van der Waals surface area contributed by atoms with Crippen molar-refractivity contribution in [3.05, 3.63) is 76.4 Å². The van der Waals surface area contributed by atoms with Crippen molar-refractivity contribution in [2.45, 2.75) is 27.7 Å². The predicted molar refractivity (Wildman–Crippen MR) is 101 cm³/mol. The fraction of sp³-hybridized carbons (Fsp3) is 0.200. The van der Waals surface area contributed by atoms with Crippen LogP contribution in [0.5, 0.6) is 0 Å². The summed E-state index contributed by atoms with van der Waals surface area (Å²) in [5.74, 6) is -0.212. The Morgan fingerprint density at radius 2 is 1.84 bits per heavy atom.